The smallest absolute Gasteiger partial charge is 0.288 e. The number of hydrogen-bond acceptors (Lipinski definition) is 6. The molecule has 0 spiro atoms. The Balaban J connectivity index is 1.78. The van der Waals surface area contributed by atoms with Gasteiger partial charge >= 0.3 is 0 Å². The third kappa shape index (κ3) is 2.94. The number of tetrazole rings is 1. The summed E-state index contributed by atoms with van der Waals surface area (Å²) in [6.07, 6.45) is 0.949. The minimum absolute atomic E-state index is 0.315. The van der Waals surface area contributed by atoms with Crippen LogP contribution < -0.4 is 10.9 Å². The van der Waals surface area contributed by atoms with Crippen molar-refractivity contribution in [2.24, 2.45) is 0 Å². The molecule has 0 saturated carbocycles. The van der Waals surface area contributed by atoms with E-state index < -0.39 is 0 Å². The Kier molecular flexibility index (Phi) is 4.24. The molecule has 0 bridgehead atoms. The second-order valence-corrected chi connectivity index (χ2v) is 7.68. The first kappa shape index (κ1) is 17.7. The second kappa shape index (κ2) is 6.93. The zero-order valence-electron chi connectivity index (χ0n) is 15.4. The lowest BCUT2D eigenvalue weighted by molar-refractivity contribution is 0.567. The first-order chi connectivity index (χ1) is 14.2. The predicted octanol–water partition coefficient (Wildman–Crippen LogP) is 3.44. The molecule has 0 amide bonds. The molecule has 1 aliphatic heterocycles. The average Bonchev–Trinajstić information content (AvgIpc) is 3.22. The molecule has 2 aromatic carbocycles. The van der Waals surface area contributed by atoms with E-state index in [4.69, 9.17) is 0 Å². The summed E-state index contributed by atoms with van der Waals surface area (Å²) in [5, 5.41) is 22.1. The molecule has 1 atom stereocenters. The summed E-state index contributed by atoms with van der Waals surface area (Å²) < 4.78 is 2.65. The SMILES string of the molecule is CCc1ccc(C2c3c(-c4ccc(Br)cc4)n[nH]c(=O)c3Nc3nnnn32)cc1. The number of aromatic nitrogens is 6. The van der Waals surface area contributed by atoms with Gasteiger partial charge in [0.2, 0.25) is 5.95 Å². The fourth-order valence-electron chi connectivity index (χ4n) is 3.61. The lowest BCUT2D eigenvalue weighted by atomic mass is 9.92. The van der Waals surface area contributed by atoms with Gasteiger partial charge in [0.15, 0.2) is 0 Å². The minimum atomic E-state index is -0.379. The standard InChI is InChI=1S/C20H16BrN7O/c1-2-11-3-5-13(6-4-11)18-15-16(12-7-9-14(21)10-8-12)23-24-19(29)17(15)22-20-25-26-27-28(18)20/h3-10,18H,2H2,1H3,(H,24,29)(H,22,25,27). The molecular weight excluding hydrogens is 434 g/mol. The fourth-order valence-corrected chi connectivity index (χ4v) is 3.87. The van der Waals surface area contributed by atoms with Crippen LogP contribution >= 0.6 is 15.9 Å². The summed E-state index contributed by atoms with van der Waals surface area (Å²) in [6.45, 7) is 2.11. The van der Waals surface area contributed by atoms with Crippen molar-refractivity contribution < 1.29 is 0 Å². The number of anilines is 2. The maximum absolute atomic E-state index is 12.6. The van der Waals surface area contributed by atoms with Crippen LogP contribution in [0.4, 0.5) is 11.6 Å². The molecule has 0 aliphatic carbocycles. The number of nitrogens with one attached hydrogen (secondary N) is 2. The van der Waals surface area contributed by atoms with E-state index in [-0.39, 0.29) is 11.6 Å². The molecule has 9 heteroatoms. The molecule has 2 N–H and O–H groups in total. The lowest BCUT2D eigenvalue weighted by Crippen LogP contribution is -2.29. The molecule has 2 aromatic heterocycles. The third-order valence-corrected chi connectivity index (χ3v) is 5.62. The highest BCUT2D eigenvalue weighted by atomic mass is 79.9. The summed E-state index contributed by atoms with van der Waals surface area (Å²) in [6, 6.07) is 15.7. The summed E-state index contributed by atoms with van der Waals surface area (Å²) in [5.74, 6) is 0.417. The number of rotatable bonds is 3. The first-order valence-electron chi connectivity index (χ1n) is 9.18. The zero-order valence-corrected chi connectivity index (χ0v) is 17.0. The molecular formula is C20H16BrN7O. The average molecular weight is 450 g/mol. The summed E-state index contributed by atoms with van der Waals surface area (Å²) in [5.41, 5.74) is 4.59. The van der Waals surface area contributed by atoms with Crippen LogP contribution in [0, 0.1) is 0 Å². The molecule has 0 saturated heterocycles. The number of H-pyrrole nitrogens is 1. The van der Waals surface area contributed by atoms with Crippen LogP contribution in [-0.4, -0.2) is 30.4 Å². The van der Waals surface area contributed by atoms with E-state index in [1.165, 1.54) is 5.56 Å². The van der Waals surface area contributed by atoms with Crippen molar-refractivity contribution in [3.63, 3.8) is 0 Å². The molecule has 1 unspecified atom stereocenters. The van der Waals surface area contributed by atoms with Crippen molar-refractivity contribution >= 4 is 27.6 Å². The van der Waals surface area contributed by atoms with E-state index in [9.17, 15) is 4.79 Å². The van der Waals surface area contributed by atoms with Crippen molar-refractivity contribution in [1.29, 1.82) is 0 Å². The van der Waals surface area contributed by atoms with Crippen LogP contribution in [0.3, 0.4) is 0 Å². The third-order valence-electron chi connectivity index (χ3n) is 5.09. The Labute approximate surface area is 174 Å². The van der Waals surface area contributed by atoms with Crippen LogP contribution in [0.1, 0.15) is 29.7 Å². The van der Waals surface area contributed by atoms with E-state index >= 15 is 0 Å². The number of benzene rings is 2. The fraction of sp³-hybridized carbons (Fsp3) is 0.150. The second-order valence-electron chi connectivity index (χ2n) is 6.77. The number of hydrogen-bond donors (Lipinski definition) is 2. The number of fused-ring (bicyclic) bond motifs is 2. The van der Waals surface area contributed by atoms with Crippen LogP contribution in [0.5, 0.6) is 0 Å². The quantitative estimate of drug-likeness (QED) is 0.437. The van der Waals surface area contributed by atoms with Gasteiger partial charge < -0.3 is 5.32 Å². The van der Waals surface area contributed by atoms with Crippen LogP contribution in [0.2, 0.25) is 0 Å². The maximum atomic E-state index is 12.6. The van der Waals surface area contributed by atoms with E-state index in [0.717, 1.165) is 27.6 Å². The zero-order chi connectivity index (χ0) is 20.0. The van der Waals surface area contributed by atoms with Gasteiger partial charge in [-0.05, 0) is 40.1 Å². The van der Waals surface area contributed by atoms with Crippen LogP contribution in [-0.2, 0) is 6.42 Å². The Bertz CT molecular complexity index is 1250. The van der Waals surface area contributed by atoms with Crippen LogP contribution in [0.15, 0.2) is 57.8 Å². The molecule has 3 heterocycles. The van der Waals surface area contributed by atoms with Gasteiger partial charge in [-0.3, -0.25) is 4.79 Å². The monoisotopic (exact) mass is 449 g/mol. The molecule has 0 radical (unpaired) electrons. The molecule has 29 heavy (non-hydrogen) atoms. The highest BCUT2D eigenvalue weighted by Gasteiger charge is 2.34. The first-order valence-corrected chi connectivity index (χ1v) is 9.97. The van der Waals surface area contributed by atoms with E-state index in [1.54, 1.807) is 4.68 Å². The van der Waals surface area contributed by atoms with Gasteiger partial charge in [-0.15, -0.1) is 0 Å². The topological polar surface area (TPSA) is 101 Å². The normalized spacial score (nSPS) is 14.8. The predicted molar refractivity (Wildman–Crippen MR) is 112 cm³/mol. The maximum Gasteiger partial charge on any atom is 0.288 e. The van der Waals surface area contributed by atoms with Crippen molar-refractivity contribution in [3.8, 4) is 11.3 Å². The van der Waals surface area contributed by atoms with E-state index in [2.05, 4.69) is 78.2 Å². The number of nitrogens with zero attached hydrogens (tertiary/aromatic N) is 5. The Morgan fingerprint density at radius 1 is 1.10 bits per heavy atom. The van der Waals surface area contributed by atoms with Gasteiger partial charge in [0, 0.05) is 15.6 Å². The van der Waals surface area contributed by atoms with Gasteiger partial charge in [0.1, 0.15) is 11.7 Å². The largest absolute Gasteiger partial charge is 0.318 e. The van der Waals surface area contributed by atoms with Crippen molar-refractivity contribution in [1.82, 2.24) is 30.4 Å². The van der Waals surface area contributed by atoms with Crippen molar-refractivity contribution in [2.75, 3.05) is 5.32 Å². The Morgan fingerprint density at radius 3 is 2.59 bits per heavy atom. The van der Waals surface area contributed by atoms with Gasteiger partial charge in [-0.2, -0.15) is 9.78 Å². The summed E-state index contributed by atoms with van der Waals surface area (Å²) in [4.78, 5) is 12.6. The molecule has 1 aliphatic rings. The van der Waals surface area contributed by atoms with E-state index in [0.29, 0.717) is 17.3 Å². The molecule has 8 nitrogen and oxygen atoms in total. The number of halogens is 1. The van der Waals surface area contributed by atoms with Gasteiger partial charge in [-0.1, -0.05) is 64.4 Å². The van der Waals surface area contributed by atoms with Crippen LogP contribution in [0.25, 0.3) is 11.3 Å². The summed E-state index contributed by atoms with van der Waals surface area (Å²) in [7, 11) is 0. The number of aromatic amines is 1. The van der Waals surface area contributed by atoms with Gasteiger partial charge in [0.25, 0.3) is 5.56 Å². The molecule has 5 rings (SSSR count). The molecule has 144 valence electrons. The number of aryl methyl sites for hydroxylation is 1. The Hall–Kier alpha value is -3.33. The minimum Gasteiger partial charge on any atom is -0.318 e. The van der Waals surface area contributed by atoms with Crippen molar-refractivity contribution in [3.05, 3.63) is 80.0 Å². The van der Waals surface area contributed by atoms with Crippen molar-refractivity contribution in [2.45, 2.75) is 19.4 Å². The highest BCUT2D eigenvalue weighted by Crippen LogP contribution is 2.41. The van der Waals surface area contributed by atoms with Gasteiger partial charge in [-0.25, -0.2) is 5.10 Å². The van der Waals surface area contributed by atoms with E-state index in [1.807, 2.05) is 24.3 Å². The lowest BCUT2D eigenvalue weighted by Gasteiger charge is -2.28. The summed E-state index contributed by atoms with van der Waals surface area (Å²) >= 11 is 3.46. The molecule has 4 aromatic rings. The Morgan fingerprint density at radius 2 is 1.86 bits per heavy atom. The molecule has 0 fully saturated rings. The highest BCUT2D eigenvalue weighted by molar-refractivity contribution is 9.10. The van der Waals surface area contributed by atoms with Gasteiger partial charge in [0.05, 0.1) is 5.69 Å².